The van der Waals surface area contributed by atoms with Crippen molar-refractivity contribution in [3.8, 4) is 0 Å². The molecule has 1 saturated carbocycles. The van der Waals surface area contributed by atoms with Crippen LogP contribution in [0.3, 0.4) is 0 Å². The van der Waals surface area contributed by atoms with E-state index in [1.807, 2.05) is 0 Å². The number of sulfonamides is 1. The van der Waals surface area contributed by atoms with Crippen LogP contribution in [0.25, 0.3) is 0 Å². The maximum absolute atomic E-state index is 12.2. The molecule has 1 aliphatic heterocycles. The first-order valence-electron chi connectivity index (χ1n) is 6.89. The minimum absolute atomic E-state index is 0. The summed E-state index contributed by atoms with van der Waals surface area (Å²) in [5.41, 5.74) is 5.36. The summed E-state index contributed by atoms with van der Waals surface area (Å²) in [7, 11) is -3.29. The third-order valence-corrected chi connectivity index (χ3v) is 5.56. The highest BCUT2D eigenvalue weighted by molar-refractivity contribution is 7.89. The molecule has 0 aromatic rings. The van der Waals surface area contributed by atoms with Crippen molar-refractivity contribution in [3.05, 3.63) is 0 Å². The fourth-order valence-corrected chi connectivity index (χ4v) is 4.74. The van der Waals surface area contributed by atoms with E-state index in [1.54, 1.807) is 0 Å². The number of rotatable bonds is 5. The molecule has 2 aliphatic rings. The topological polar surface area (TPSA) is 81.4 Å². The Morgan fingerprint density at radius 3 is 2.42 bits per heavy atom. The second-order valence-electron chi connectivity index (χ2n) is 5.56. The number of hydrogen-bond donors (Lipinski definition) is 2. The SMILES string of the molecule is Cl.NCC1(NS(=O)(=O)CC2CCCCO2)CCCC1. The van der Waals surface area contributed by atoms with E-state index in [0.717, 1.165) is 44.9 Å². The number of ether oxygens (including phenoxy) is 1. The second-order valence-corrected chi connectivity index (χ2v) is 7.33. The van der Waals surface area contributed by atoms with Gasteiger partial charge >= 0.3 is 0 Å². The standard InChI is InChI=1S/C12H24N2O3S.ClH/c13-10-12(6-2-3-7-12)14-18(15,16)9-11-5-1-4-8-17-11;/h11,14H,1-10,13H2;1H. The number of halogens is 1. The fourth-order valence-electron chi connectivity index (χ4n) is 2.95. The van der Waals surface area contributed by atoms with Gasteiger partial charge in [-0.2, -0.15) is 0 Å². The Hall–Kier alpha value is 0.120. The molecule has 0 bridgehead atoms. The Kier molecular flexibility index (Phi) is 6.53. The molecule has 1 unspecified atom stereocenters. The Morgan fingerprint density at radius 2 is 1.89 bits per heavy atom. The zero-order valence-electron chi connectivity index (χ0n) is 11.3. The van der Waals surface area contributed by atoms with Gasteiger partial charge in [0.1, 0.15) is 0 Å². The normalized spacial score (nSPS) is 26.9. The van der Waals surface area contributed by atoms with Gasteiger partial charge in [-0.3, -0.25) is 0 Å². The van der Waals surface area contributed by atoms with Crippen molar-refractivity contribution in [1.29, 1.82) is 0 Å². The zero-order chi connectivity index (χ0) is 13.1. The summed E-state index contributed by atoms with van der Waals surface area (Å²) in [6.07, 6.45) is 6.62. The quantitative estimate of drug-likeness (QED) is 0.798. The molecule has 0 radical (unpaired) electrons. The monoisotopic (exact) mass is 312 g/mol. The maximum atomic E-state index is 12.2. The van der Waals surface area contributed by atoms with E-state index in [0.29, 0.717) is 13.2 Å². The van der Waals surface area contributed by atoms with Crippen LogP contribution < -0.4 is 10.5 Å². The molecule has 1 atom stereocenters. The van der Waals surface area contributed by atoms with E-state index < -0.39 is 15.6 Å². The lowest BCUT2D eigenvalue weighted by atomic mass is 10.0. The van der Waals surface area contributed by atoms with Crippen LogP contribution in [0.15, 0.2) is 0 Å². The summed E-state index contributed by atoms with van der Waals surface area (Å²) in [6, 6.07) is 0. The van der Waals surface area contributed by atoms with Crippen LogP contribution in [0.1, 0.15) is 44.9 Å². The summed E-state index contributed by atoms with van der Waals surface area (Å²) in [6.45, 7) is 1.07. The molecule has 3 N–H and O–H groups in total. The zero-order valence-corrected chi connectivity index (χ0v) is 12.9. The lowest BCUT2D eigenvalue weighted by molar-refractivity contribution is 0.0303. The van der Waals surface area contributed by atoms with E-state index >= 15 is 0 Å². The van der Waals surface area contributed by atoms with Crippen molar-refractivity contribution in [2.24, 2.45) is 5.73 Å². The highest BCUT2D eigenvalue weighted by Gasteiger charge is 2.37. The molecular formula is C12H25ClN2O3S. The van der Waals surface area contributed by atoms with Crippen molar-refractivity contribution in [2.45, 2.75) is 56.6 Å². The van der Waals surface area contributed by atoms with Crippen LogP contribution in [0, 0.1) is 0 Å². The molecule has 2 rings (SSSR count). The Labute approximate surface area is 122 Å². The molecular weight excluding hydrogens is 288 g/mol. The molecule has 5 nitrogen and oxygen atoms in total. The first-order valence-corrected chi connectivity index (χ1v) is 8.54. The number of hydrogen-bond acceptors (Lipinski definition) is 4. The molecule has 7 heteroatoms. The number of nitrogens with one attached hydrogen (secondary N) is 1. The van der Waals surface area contributed by atoms with Crippen molar-refractivity contribution >= 4 is 22.4 Å². The van der Waals surface area contributed by atoms with E-state index in [-0.39, 0.29) is 24.3 Å². The summed E-state index contributed by atoms with van der Waals surface area (Å²) < 4.78 is 32.7. The van der Waals surface area contributed by atoms with Crippen molar-refractivity contribution < 1.29 is 13.2 Å². The number of nitrogens with two attached hydrogens (primary N) is 1. The van der Waals surface area contributed by atoms with Gasteiger partial charge in [0.15, 0.2) is 0 Å². The van der Waals surface area contributed by atoms with Gasteiger partial charge in [0.05, 0.1) is 11.9 Å². The van der Waals surface area contributed by atoms with Crippen molar-refractivity contribution in [3.63, 3.8) is 0 Å². The summed E-state index contributed by atoms with van der Waals surface area (Å²) in [4.78, 5) is 0. The van der Waals surface area contributed by atoms with Crippen LogP contribution in [-0.2, 0) is 14.8 Å². The van der Waals surface area contributed by atoms with Gasteiger partial charge in [-0.15, -0.1) is 12.4 Å². The molecule has 1 saturated heterocycles. The predicted molar refractivity (Wildman–Crippen MR) is 78.0 cm³/mol. The highest BCUT2D eigenvalue weighted by atomic mass is 35.5. The van der Waals surface area contributed by atoms with Gasteiger partial charge < -0.3 is 10.5 Å². The lowest BCUT2D eigenvalue weighted by Gasteiger charge is -2.30. The van der Waals surface area contributed by atoms with E-state index in [2.05, 4.69) is 4.72 Å². The summed E-state index contributed by atoms with van der Waals surface area (Å²) >= 11 is 0. The molecule has 1 heterocycles. The fraction of sp³-hybridized carbons (Fsp3) is 1.00. The van der Waals surface area contributed by atoms with Gasteiger partial charge in [-0.25, -0.2) is 13.1 Å². The molecule has 0 spiro atoms. The first-order chi connectivity index (χ1) is 8.55. The van der Waals surface area contributed by atoms with Crippen LogP contribution in [0.4, 0.5) is 0 Å². The van der Waals surface area contributed by atoms with Crippen LogP contribution >= 0.6 is 12.4 Å². The third kappa shape index (κ3) is 4.86. The van der Waals surface area contributed by atoms with E-state index in [9.17, 15) is 8.42 Å². The largest absolute Gasteiger partial charge is 0.377 e. The Morgan fingerprint density at radius 1 is 1.21 bits per heavy atom. The van der Waals surface area contributed by atoms with Gasteiger partial charge in [0.2, 0.25) is 10.0 Å². The van der Waals surface area contributed by atoms with Gasteiger partial charge in [-0.05, 0) is 32.1 Å². The molecule has 114 valence electrons. The predicted octanol–water partition coefficient (Wildman–Crippen LogP) is 1.17. The average molecular weight is 313 g/mol. The second kappa shape index (κ2) is 7.22. The summed E-state index contributed by atoms with van der Waals surface area (Å²) in [5, 5.41) is 0. The third-order valence-electron chi connectivity index (χ3n) is 4.00. The molecule has 0 amide bonds. The minimum Gasteiger partial charge on any atom is -0.377 e. The molecule has 0 aromatic carbocycles. The molecule has 1 aliphatic carbocycles. The van der Waals surface area contributed by atoms with E-state index in [4.69, 9.17) is 10.5 Å². The first kappa shape index (κ1) is 17.2. The smallest absolute Gasteiger partial charge is 0.214 e. The van der Waals surface area contributed by atoms with E-state index in [1.165, 1.54) is 0 Å². The highest BCUT2D eigenvalue weighted by Crippen LogP contribution is 2.29. The Balaban J connectivity index is 0.00000180. The van der Waals surface area contributed by atoms with Crippen LogP contribution in [0.5, 0.6) is 0 Å². The molecule has 2 fully saturated rings. The molecule has 0 aromatic heterocycles. The van der Waals surface area contributed by atoms with Crippen molar-refractivity contribution in [1.82, 2.24) is 4.72 Å². The van der Waals surface area contributed by atoms with Gasteiger partial charge in [0, 0.05) is 18.7 Å². The van der Waals surface area contributed by atoms with Crippen molar-refractivity contribution in [2.75, 3.05) is 18.9 Å². The minimum atomic E-state index is -3.29. The average Bonchev–Trinajstić information content (AvgIpc) is 2.78. The maximum Gasteiger partial charge on any atom is 0.214 e. The van der Waals surface area contributed by atoms with Gasteiger partial charge in [0.25, 0.3) is 0 Å². The Bertz CT molecular complexity index is 363. The van der Waals surface area contributed by atoms with Crippen LogP contribution in [-0.4, -0.2) is 39.0 Å². The molecule has 19 heavy (non-hydrogen) atoms. The summed E-state index contributed by atoms with van der Waals surface area (Å²) in [5.74, 6) is 0.0781. The van der Waals surface area contributed by atoms with Gasteiger partial charge in [-0.1, -0.05) is 12.8 Å². The lowest BCUT2D eigenvalue weighted by Crippen LogP contribution is -2.53. The van der Waals surface area contributed by atoms with Crippen LogP contribution in [0.2, 0.25) is 0 Å².